The Hall–Kier alpha value is -3.00. The molecule has 5 rings (SSSR count). The van der Waals surface area contributed by atoms with Gasteiger partial charge in [-0.15, -0.1) is 0 Å². The summed E-state index contributed by atoms with van der Waals surface area (Å²) >= 11 is 0. The van der Waals surface area contributed by atoms with Gasteiger partial charge in [0.05, 0.1) is 6.10 Å². The predicted octanol–water partition coefficient (Wildman–Crippen LogP) is 6.00. The van der Waals surface area contributed by atoms with Gasteiger partial charge in [0.2, 0.25) is 0 Å². The third-order valence-corrected chi connectivity index (χ3v) is 5.47. The zero-order chi connectivity index (χ0) is 17.7. The molecule has 2 heteroatoms. The van der Waals surface area contributed by atoms with Gasteiger partial charge in [0.25, 0.3) is 0 Å². The van der Waals surface area contributed by atoms with E-state index in [9.17, 15) is 5.11 Å². The van der Waals surface area contributed by atoms with E-state index < -0.39 is 0 Å². The molecule has 4 aromatic rings. The lowest BCUT2D eigenvalue weighted by molar-refractivity contribution is 0.184. The molecular formula is C24H20O2. The highest BCUT2D eigenvalue weighted by molar-refractivity contribution is 5.93. The largest absolute Gasteiger partial charge is 0.508 e. The maximum Gasteiger partial charge on any atom is 0.124 e. The maximum atomic E-state index is 10.8. The summed E-state index contributed by atoms with van der Waals surface area (Å²) < 4.78 is 6.16. The molecule has 1 aliphatic heterocycles. The van der Waals surface area contributed by atoms with Gasteiger partial charge in [0, 0.05) is 17.0 Å². The number of phenols is 1. The first kappa shape index (κ1) is 15.3. The zero-order valence-corrected chi connectivity index (χ0v) is 14.6. The van der Waals surface area contributed by atoms with E-state index in [0.29, 0.717) is 5.75 Å². The smallest absolute Gasteiger partial charge is 0.124 e. The lowest BCUT2D eigenvalue weighted by Gasteiger charge is -2.33. The summed E-state index contributed by atoms with van der Waals surface area (Å²) in [7, 11) is 0. The molecule has 0 aliphatic carbocycles. The van der Waals surface area contributed by atoms with Crippen LogP contribution in [-0.4, -0.2) is 11.2 Å². The van der Waals surface area contributed by atoms with Crippen molar-refractivity contribution in [3.63, 3.8) is 0 Å². The molecule has 0 saturated heterocycles. The van der Waals surface area contributed by atoms with Gasteiger partial charge < -0.3 is 9.84 Å². The van der Waals surface area contributed by atoms with Gasteiger partial charge in [-0.2, -0.15) is 0 Å². The number of hydrogen-bond acceptors (Lipinski definition) is 2. The SMILES string of the molecule is CC1CC(c2c(O)ccc3ccccc23)c2c(ccc3ccccc23)O1. The van der Waals surface area contributed by atoms with Crippen LogP contribution in [0.4, 0.5) is 0 Å². The summed E-state index contributed by atoms with van der Waals surface area (Å²) in [5.41, 5.74) is 2.20. The van der Waals surface area contributed by atoms with E-state index in [1.54, 1.807) is 0 Å². The minimum Gasteiger partial charge on any atom is -0.508 e. The Morgan fingerprint density at radius 2 is 1.38 bits per heavy atom. The Morgan fingerprint density at radius 3 is 2.12 bits per heavy atom. The van der Waals surface area contributed by atoms with Gasteiger partial charge >= 0.3 is 0 Å². The van der Waals surface area contributed by atoms with Gasteiger partial charge in [-0.05, 0) is 47.0 Å². The lowest BCUT2D eigenvalue weighted by atomic mass is 9.79. The van der Waals surface area contributed by atoms with Crippen LogP contribution in [0.3, 0.4) is 0 Å². The van der Waals surface area contributed by atoms with Crippen molar-refractivity contribution in [3.05, 3.63) is 83.9 Å². The van der Waals surface area contributed by atoms with Crippen molar-refractivity contribution in [1.82, 2.24) is 0 Å². The van der Waals surface area contributed by atoms with E-state index in [2.05, 4.69) is 55.5 Å². The van der Waals surface area contributed by atoms with Crippen LogP contribution in [0, 0.1) is 0 Å². The van der Waals surface area contributed by atoms with Crippen LogP contribution in [0.25, 0.3) is 21.5 Å². The van der Waals surface area contributed by atoms with Crippen molar-refractivity contribution in [2.75, 3.05) is 0 Å². The number of fused-ring (bicyclic) bond motifs is 4. The molecule has 1 N–H and O–H groups in total. The molecule has 0 fully saturated rings. The fourth-order valence-electron chi connectivity index (χ4n) is 4.36. The normalized spacial score (nSPS) is 19.3. The fourth-order valence-corrected chi connectivity index (χ4v) is 4.36. The average Bonchev–Trinajstić information content (AvgIpc) is 2.67. The minimum absolute atomic E-state index is 0.103. The van der Waals surface area contributed by atoms with Crippen LogP contribution in [-0.2, 0) is 0 Å². The first-order valence-corrected chi connectivity index (χ1v) is 9.11. The van der Waals surface area contributed by atoms with E-state index in [1.807, 2.05) is 24.3 Å². The minimum atomic E-state index is 0.103. The van der Waals surface area contributed by atoms with E-state index in [1.165, 1.54) is 16.3 Å². The lowest BCUT2D eigenvalue weighted by Crippen LogP contribution is -2.23. The second-order valence-electron chi connectivity index (χ2n) is 7.13. The highest BCUT2D eigenvalue weighted by Gasteiger charge is 2.31. The molecule has 26 heavy (non-hydrogen) atoms. The highest BCUT2D eigenvalue weighted by Crippen LogP contribution is 2.48. The molecule has 4 aromatic carbocycles. The third kappa shape index (κ3) is 2.26. The molecule has 0 saturated carbocycles. The van der Waals surface area contributed by atoms with E-state index >= 15 is 0 Å². The summed E-state index contributed by atoms with van der Waals surface area (Å²) in [5, 5.41) is 15.5. The van der Waals surface area contributed by atoms with Crippen LogP contribution >= 0.6 is 0 Å². The van der Waals surface area contributed by atoms with Crippen LogP contribution in [0.5, 0.6) is 11.5 Å². The average molecular weight is 340 g/mol. The third-order valence-electron chi connectivity index (χ3n) is 5.47. The Morgan fingerprint density at radius 1 is 0.769 bits per heavy atom. The molecule has 128 valence electrons. The van der Waals surface area contributed by atoms with Gasteiger partial charge in [-0.1, -0.05) is 60.7 Å². The van der Waals surface area contributed by atoms with Crippen molar-refractivity contribution in [1.29, 1.82) is 0 Å². The molecule has 0 amide bonds. The molecule has 0 spiro atoms. The molecular weight excluding hydrogens is 320 g/mol. The zero-order valence-electron chi connectivity index (χ0n) is 14.6. The van der Waals surface area contributed by atoms with Gasteiger partial charge in [0.1, 0.15) is 11.5 Å². The molecule has 0 bridgehead atoms. The second-order valence-corrected chi connectivity index (χ2v) is 7.13. The van der Waals surface area contributed by atoms with Gasteiger partial charge in [-0.3, -0.25) is 0 Å². The van der Waals surface area contributed by atoms with Crippen molar-refractivity contribution < 1.29 is 9.84 Å². The van der Waals surface area contributed by atoms with E-state index in [0.717, 1.165) is 28.5 Å². The summed E-state index contributed by atoms with van der Waals surface area (Å²) in [4.78, 5) is 0. The van der Waals surface area contributed by atoms with E-state index in [-0.39, 0.29) is 12.0 Å². The topological polar surface area (TPSA) is 29.5 Å². The maximum absolute atomic E-state index is 10.8. The molecule has 2 unspecified atom stereocenters. The molecule has 1 heterocycles. The first-order chi connectivity index (χ1) is 12.7. The number of rotatable bonds is 1. The van der Waals surface area contributed by atoms with Crippen LogP contribution in [0.1, 0.15) is 30.4 Å². The highest BCUT2D eigenvalue weighted by atomic mass is 16.5. The van der Waals surface area contributed by atoms with Crippen molar-refractivity contribution in [3.8, 4) is 11.5 Å². The molecule has 0 aromatic heterocycles. The number of benzene rings is 4. The van der Waals surface area contributed by atoms with Crippen molar-refractivity contribution >= 4 is 21.5 Å². The summed E-state index contributed by atoms with van der Waals surface area (Å²) in [6.45, 7) is 2.10. The number of aromatic hydroxyl groups is 1. The Kier molecular flexibility index (Phi) is 3.39. The second kappa shape index (κ2) is 5.77. The summed E-state index contributed by atoms with van der Waals surface area (Å²) in [5.74, 6) is 1.40. The van der Waals surface area contributed by atoms with Crippen LogP contribution in [0.2, 0.25) is 0 Å². The van der Waals surface area contributed by atoms with Gasteiger partial charge in [-0.25, -0.2) is 0 Å². The van der Waals surface area contributed by atoms with Crippen molar-refractivity contribution in [2.45, 2.75) is 25.4 Å². The fraction of sp³-hybridized carbons (Fsp3) is 0.167. The van der Waals surface area contributed by atoms with Crippen LogP contribution in [0.15, 0.2) is 72.8 Å². The standard InChI is InChI=1S/C24H20O2/c1-15-14-20(23-18-8-4-2-6-16(18)10-12-21(23)25)24-19-9-5-3-7-17(19)11-13-22(24)26-15/h2-13,15,20,25H,14H2,1H3. The Balaban J connectivity index is 1.85. The Labute approximate surface area is 152 Å². The summed E-state index contributed by atoms with van der Waals surface area (Å²) in [6.07, 6.45) is 0.954. The molecule has 1 aliphatic rings. The number of hydrogen-bond donors (Lipinski definition) is 1. The quantitative estimate of drug-likeness (QED) is 0.460. The summed E-state index contributed by atoms with van der Waals surface area (Å²) in [6, 6.07) is 24.7. The van der Waals surface area contributed by atoms with Crippen LogP contribution < -0.4 is 4.74 Å². The Bertz CT molecular complexity index is 1130. The number of phenolic OH excluding ortho intramolecular Hbond substituents is 1. The molecule has 2 nitrogen and oxygen atoms in total. The predicted molar refractivity (Wildman–Crippen MR) is 106 cm³/mol. The molecule has 2 atom stereocenters. The molecule has 0 radical (unpaired) electrons. The van der Waals surface area contributed by atoms with Crippen molar-refractivity contribution in [2.24, 2.45) is 0 Å². The van der Waals surface area contributed by atoms with Gasteiger partial charge in [0.15, 0.2) is 0 Å². The first-order valence-electron chi connectivity index (χ1n) is 9.11. The monoisotopic (exact) mass is 340 g/mol. The van der Waals surface area contributed by atoms with E-state index in [4.69, 9.17) is 4.74 Å². The number of ether oxygens (including phenoxy) is 1.